The second kappa shape index (κ2) is 6.95. The molecule has 0 bridgehead atoms. The Balaban J connectivity index is 1.70. The molecule has 1 aliphatic heterocycles. The number of hydrogen-bond donors (Lipinski definition) is 1. The van der Waals surface area contributed by atoms with Gasteiger partial charge in [-0.1, -0.05) is 12.1 Å². The smallest absolute Gasteiger partial charge is 0.257 e. The number of benzene rings is 1. The maximum Gasteiger partial charge on any atom is 0.257 e. The lowest BCUT2D eigenvalue weighted by atomic mass is 10.1. The van der Waals surface area contributed by atoms with Gasteiger partial charge in [-0.15, -0.1) is 11.3 Å². The van der Waals surface area contributed by atoms with Crippen molar-refractivity contribution in [3.8, 4) is 10.6 Å². The molecule has 128 valence electrons. The second-order valence-corrected chi connectivity index (χ2v) is 7.31. The van der Waals surface area contributed by atoms with E-state index in [9.17, 15) is 4.79 Å². The number of thiazole rings is 1. The van der Waals surface area contributed by atoms with Gasteiger partial charge in [-0.25, -0.2) is 4.98 Å². The zero-order chi connectivity index (χ0) is 17.2. The Morgan fingerprint density at radius 1 is 1.28 bits per heavy atom. The minimum Gasteiger partial charge on any atom is -0.383 e. The van der Waals surface area contributed by atoms with E-state index in [0.717, 1.165) is 22.0 Å². The number of rotatable bonds is 5. The molecule has 0 fully saturated rings. The van der Waals surface area contributed by atoms with Gasteiger partial charge in [0.2, 0.25) is 0 Å². The van der Waals surface area contributed by atoms with Gasteiger partial charge in [0.05, 0.1) is 17.9 Å². The molecule has 3 aromatic rings. The molecule has 7 heteroatoms. The Kier molecular flexibility index (Phi) is 4.52. The number of fused-ring (bicyclic) bond motifs is 1. The van der Waals surface area contributed by atoms with Crippen molar-refractivity contribution in [1.82, 2.24) is 9.88 Å². The largest absolute Gasteiger partial charge is 0.383 e. The third-order valence-electron chi connectivity index (χ3n) is 4.13. The number of ether oxygens (including phenoxy) is 1. The topological polar surface area (TPSA) is 54.5 Å². The zero-order valence-electron chi connectivity index (χ0n) is 13.6. The fourth-order valence-corrected chi connectivity index (χ4v) is 4.43. The molecule has 0 saturated heterocycles. The Morgan fingerprint density at radius 2 is 2.16 bits per heavy atom. The van der Waals surface area contributed by atoms with Gasteiger partial charge in [0.1, 0.15) is 11.2 Å². The van der Waals surface area contributed by atoms with Crippen LogP contribution in [-0.4, -0.2) is 36.1 Å². The Hall–Kier alpha value is -2.22. The summed E-state index contributed by atoms with van der Waals surface area (Å²) in [6, 6.07) is 9.65. The molecular formula is C18H17N3O2S2. The number of carbonyl (C=O) groups excluding carboxylic acids is 1. The Morgan fingerprint density at radius 3 is 2.96 bits per heavy atom. The van der Waals surface area contributed by atoms with E-state index in [1.807, 2.05) is 35.0 Å². The van der Waals surface area contributed by atoms with E-state index in [4.69, 9.17) is 9.72 Å². The molecule has 1 aliphatic rings. The molecule has 0 aliphatic carbocycles. The summed E-state index contributed by atoms with van der Waals surface area (Å²) >= 11 is 3.25. The number of methoxy groups -OCH3 is 1. The lowest BCUT2D eigenvalue weighted by molar-refractivity contribution is 0.0606. The van der Waals surface area contributed by atoms with Gasteiger partial charge in [0, 0.05) is 35.7 Å². The number of hydrogen-bond acceptors (Lipinski definition) is 6. The minimum atomic E-state index is -0.291. The van der Waals surface area contributed by atoms with Crippen molar-refractivity contribution in [1.29, 1.82) is 0 Å². The average molecular weight is 371 g/mol. The predicted molar refractivity (Wildman–Crippen MR) is 101 cm³/mol. The van der Waals surface area contributed by atoms with Gasteiger partial charge in [-0.2, -0.15) is 11.3 Å². The van der Waals surface area contributed by atoms with E-state index in [1.54, 1.807) is 34.7 Å². The summed E-state index contributed by atoms with van der Waals surface area (Å²) < 4.78 is 5.19. The first-order valence-electron chi connectivity index (χ1n) is 7.91. The number of thiophene rings is 1. The Bertz CT molecular complexity index is 876. The summed E-state index contributed by atoms with van der Waals surface area (Å²) in [5.41, 5.74) is 3.50. The summed E-state index contributed by atoms with van der Waals surface area (Å²) in [4.78, 5) is 19.5. The van der Waals surface area contributed by atoms with E-state index < -0.39 is 0 Å². The van der Waals surface area contributed by atoms with Crippen molar-refractivity contribution in [2.24, 2.45) is 0 Å². The molecule has 4 rings (SSSR count). The quantitative estimate of drug-likeness (QED) is 0.734. The number of carbonyl (C=O) groups is 1. The fourth-order valence-electron chi connectivity index (χ4n) is 2.88. The fraction of sp³-hybridized carbons (Fsp3) is 0.222. The van der Waals surface area contributed by atoms with Gasteiger partial charge in [0.25, 0.3) is 5.91 Å². The average Bonchev–Trinajstić information content (AvgIpc) is 3.32. The lowest BCUT2D eigenvalue weighted by Gasteiger charge is -2.36. The van der Waals surface area contributed by atoms with Crippen LogP contribution < -0.4 is 5.32 Å². The lowest BCUT2D eigenvalue weighted by Crippen LogP contribution is -2.44. The van der Waals surface area contributed by atoms with Gasteiger partial charge in [-0.3, -0.25) is 4.79 Å². The summed E-state index contributed by atoms with van der Waals surface area (Å²) in [5, 5.41) is 10.6. The molecule has 0 radical (unpaired) electrons. The highest BCUT2D eigenvalue weighted by Crippen LogP contribution is 2.35. The van der Waals surface area contributed by atoms with Crippen molar-refractivity contribution >= 4 is 34.3 Å². The molecule has 1 atom stereocenters. The molecule has 2 aromatic heterocycles. The molecule has 5 nitrogen and oxygen atoms in total. The van der Waals surface area contributed by atoms with Crippen LogP contribution in [0.3, 0.4) is 0 Å². The number of nitrogens with one attached hydrogen (secondary N) is 1. The van der Waals surface area contributed by atoms with Gasteiger partial charge in [0.15, 0.2) is 0 Å². The van der Waals surface area contributed by atoms with Crippen LogP contribution in [0.15, 0.2) is 46.5 Å². The van der Waals surface area contributed by atoms with Crippen molar-refractivity contribution in [3.05, 3.63) is 57.7 Å². The number of nitrogens with zero attached hydrogens (tertiary/aromatic N) is 2. The standard InChI is InChI=1S/C18H17N3O2S2/c1-23-8-7-21-16(19-14-5-3-2-4-13(14)18(21)22)15-11-25-17(20-15)12-6-9-24-10-12/h2-6,9-11,16,19H,7-8H2,1H3. The highest BCUT2D eigenvalue weighted by Gasteiger charge is 2.33. The number of amides is 1. The van der Waals surface area contributed by atoms with Crippen LogP contribution in [0.2, 0.25) is 0 Å². The molecule has 3 heterocycles. The molecular weight excluding hydrogens is 354 g/mol. The third-order valence-corrected chi connectivity index (χ3v) is 5.72. The van der Waals surface area contributed by atoms with E-state index >= 15 is 0 Å². The summed E-state index contributed by atoms with van der Waals surface area (Å²) in [6.45, 7) is 0.986. The third kappa shape index (κ3) is 3.06. The van der Waals surface area contributed by atoms with Crippen molar-refractivity contribution in [3.63, 3.8) is 0 Å². The minimum absolute atomic E-state index is 0.00137. The molecule has 1 unspecified atom stereocenters. The second-order valence-electron chi connectivity index (χ2n) is 5.67. The monoisotopic (exact) mass is 371 g/mol. The molecule has 1 amide bonds. The molecule has 0 saturated carbocycles. The van der Waals surface area contributed by atoms with Crippen LogP contribution in [0.5, 0.6) is 0 Å². The van der Waals surface area contributed by atoms with Crippen LogP contribution in [0.1, 0.15) is 22.2 Å². The summed E-state index contributed by atoms with van der Waals surface area (Å²) in [7, 11) is 1.64. The molecule has 0 spiro atoms. The first-order valence-corrected chi connectivity index (χ1v) is 9.73. The van der Waals surface area contributed by atoms with Crippen molar-refractivity contribution in [2.45, 2.75) is 6.17 Å². The zero-order valence-corrected chi connectivity index (χ0v) is 15.3. The van der Waals surface area contributed by atoms with Crippen LogP contribution >= 0.6 is 22.7 Å². The molecule has 1 N–H and O–H groups in total. The number of aromatic nitrogens is 1. The van der Waals surface area contributed by atoms with Crippen LogP contribution in [0.4, 0.5) is 5.69 Å². The number of para-hydroxylation sites is 1. The van der Waals surface area contributed by atoms with E-state index in [2.05, 4.69) is 16.8 Å². The molecule has 25 heavy (non-hydrogen) atoms. The van der Waals surface area contributed by atoms with Crippen LogP contribution in [0, 0.1) is 0 Å². The van der Waals surface area contributed by atoms with Gasteiger partial charge < -0.3 is 15.0 Å². The molecule has 1 aromatic carbocycles. The van der Waals surface area contributed by atoms with Crippen molar-refractivity contribution < 1.29 is 9.53 Å². The maximum atomic E-state index is 12.9. The van der Waals surface area contributed by atoms with Gasteiger partial charge in [-0.05, 0) is 23.6 Å². The summed E-state index contributed by atoms with van der Waals surface area (Å²) in [5.74, 6) is 0.00137. The SMILES string of the molecule is COCCN1C(=O)c2ccccc2NC1c1csc(-c2ccsc2)n1. The summed E-state index contributed by atoms with van der Waals surface area (Å²) in [6.07, 6.45) is -0.291. The highest BCUT2D eigenvalue weighted by atomic mass is 32.1. The van der Waals surface area contributed by atoms with Gasteiger partial charge >= 0.3 is 0 Å². The van der Waals surface area contributed by atoms with E-state index in [0.29, 0.717) is 18.7 Å². The van der Waals surface area contributed by atoms with E-state index in [-0.39, 0.29) is 12.1 Å². The van der Waals surface area contributed by atoms with Crippen LogP contribution in [-0.2, 0) is 4.74 Å². The first-order chi connectivity index (χ1) is 12.3. The highest BCUT2D eigenvalue weighted by molar-refractivity contribution is 7.14. The predicted octanol–water partition coefficient (Wildman–Crippen LogP) is 4.08. The van der Waals surface area contributed by atoms with E-state index in [1.165, 1.54) is 0 Å². The number of anilines is 1. The normalized spacial score (nSPS) is 16.6. The first kappa shape index (κ1) is 16.3. The van der Waals surface area contributed by atoms with Crippen molar-refractivity contribution in [2.75, 3.05) is 25.6 Å². The maximum absolute atomic E-state index is 12.9. The van der Waals surface area contributed by atoms with Crippen LogP contribution in [0.25, 0.3) is 10.6 Å². The Labute approximate surface area is 153 Å².